The molecule has 102 valence electrons. The molecule has 1 heterocycles. The van der Waals surface area contributed by atoms with Crippen LogP contribution < -0.4 is 5.32 Å². The minimum atomic E-state index is -0.592. The number of nitriles is 1. The van der Waals surface area contributed by atoms with Gasteiger partial charge in [-0.05, 0) is 38.5 Å². The Morgan fingerprint density at radius 3 is 2.32 bits per heavy atom. The Morgan fingerprint density at radius 1 is 1.16 bits per heavy atom. The van der Waals surface area contributed by atoms with Gasteiger partial charge in [0.2, 0.25) is 0 Å². The molecule has 0 bridgehead atoms. The molecule has 0 amide bonds. The molecule has 1 fully saturated rings. The van der Waals surface area contributed by atoms with E-state index in [0.29, 0.717) is 0 Å². The largest absolute Gasteiger partial charge is 0.300 e. The molecule has 1 aromatic rings. The van der Waals surface area contributed by atoms with Crippen molar-refractivity contribution < 1.29 is 0 Å². The lowest BCUT2D eigenvalue weighted by Gasteiger charge is -2.33. The van der Waals surface area contributed by atoms with Gasteiger partial charge < -0.3 is 4.90 Å². The van der Waals surface area contributed by atoms with Gasteiger partial charge in [0.05, 0.1) is 6.07 Å². The zero-order chi connectivity index (χ0) is 13.6. The van der Waals surface area contributed by atoms with E-state index in [1.165, 1.54) is 25.7 Å². The second-order valence-corrected chi connectivity index (χ2v) is 5.32. The number of rotatable bonds is 4. The Kier molecular flexibility index (Phi) is 4.95. The van der Waals surface area contributed by atoms with Crippen LogP contribution in [-0.4, -0.2) is 31.6 Å². The van der Waals surface area contributed by atoms with Gasteiger partial charge in [-0.15, -0.1) is 0 Å². The maximum Gasteiger partial charge on any atom is 0.144 e. The van der Waals surface area contributed by atoms with Gasteiger partial charge in [0.25, 0.3) is 0 Å². The molecule has 3 heteroatoms. The van der Waals surface area contributed by atoms with Crippen molar-refractivity contribution in [3.05, 3.63) is 35.9 Å². The van der Waals surface area contributed by atoms with Crippen molar-refractivity contribution in [2.24, 2.45) is 0 Å². The molecular weight excluding hydrogens is 234 g/mol. The molecule has 0 aromatic heterocycles. The summed E-state index contributed by atoms with van der Waals surface area (Å²) in [7, 11) is 1.88. The fourth-order valence-corrected chi connectivity index (χ4v) is 2.82. The molecule has 1 aliphatic heterocycles. The Hall–Kier alpha value is -1.37. The van der Waals surface area contributed by atoms with Gasteiger partial charge in [0, 0.05) is 6.54 Å². The van der Waals surface area contributed by atoms with Gasteiger partial charge in [-0.3, -0.25) is 5.32 Å². The fourth-order valence-electron chi connectivity index (χ4n) is 2.82. The van der Waals surface area contributed by atoms with Crippen LogP contribution in [0.25, 0.3) is 0 Å². The van der Waals surface area contributed by atoms with Crippen LogP contribution in [0.5, 0.6) is 0 Å². The Bertz CT molecular complexity index is 415. The molecule has 1 saturated heterocycles. The summed E-state index contributed by atoms with van der Waals surface area (Å²) in [6.45, 7) is 2.99. The van der Waals surface area contributed by atoms with E-state index in [9.17, 15) is 5.26 Å². The number of nitrogens with one attached hydrogen (secondary N) is 1. The van der Waals surface area contributed by atoms with E-state index >= 15 is 0 Å². The van der Waals surface area contributed by atoms with Crippen molar-refractivity contribution in [1.29, 1.82) is 5.26 Å². The summed E-state index contributed by atoms with van der Waals surface area (Å²) in [6, 6.07) is 12.6. The number of likely N-dealkylation sites (N-methyl/N-ethyl adjacent to an activating group) is 1. The maximum atomic E-state index is 9.69. The quantitative estimate of drug-likeness (QED) is 0.900. The molecule has 0 radical (unpaired) electrons. The van der Waals surface area contributed by atoms with E-state index in [4.69, 9.17) is 0 Å². The lowest BCUT2D eigenvalue weighted by molar-refractivity contribution is 0.224. The van der Waals surface area contributed by atoms with Crippen molar-refractivity contribution in [3.8, 4) is 6.07 Å². The highest BCUT2D eigenvalue weighted by molar-refractivity contribution is 5.31. The topological polar surface area (TPSA) is 39.1 Å². The van der Waals surface area contributed by atoms with Crippen LogP contribution >= 0.6 is 0 Å². The second kappa shape index (κ2) is 6.70. The molecule has 1 aromatic carbocycles. The number of benzene rings is 1. The molecule has 0 aliphatic carbocycles. The first kappa shape index (κ1) is 14.0. The summed E-state index contributed by atoms with van der Waals surface area (Å²) in [4.78, 5) is 2.43. The fraction of sp³-hybridized carbons (Fsp3) is 0.562. The highest BCUT2D eigenvalue weighted by atomic mass is 15.2. The van der Waals surface area contributed by atoms with E-state index in [1.54, 1.807) is 0 Å². The van der Waals surface area contributed by atoms with Crippen LogP contribution in [0.1, 0.15) is 31.2 Å². The zero-order valence-corrected chi connectivity index (χ0v) is 11.7. The van der Waals surface area contributed by atoms with Crippen molar-refractivity contribution in [1.82, 2.24) is 10.2 Å². The Balaban J connectivity index is 2.17. The number of likely N-dealkylation sites (tertiary alicyclic amines) is 1. The third-order valence-electron chi connectivity index (χ3n) is 4.04. The van der Waals surface area contributed by atoms with Gasteiger partial charge in [0.15, 0.2) is 0 Å². The summed E-state index contributed by atoms with van der Waals surface area (Å²) < 4.78 is 0. The lowest BCUT2D eigenvalue weighted by atomic mass is 9.90. The highest BCUT2D eigenvalue weighted by Crippen LogP contribution is 2.23. The average molecular weight is 257 g/mol. The molecule has 2 rings (SSSR count). The summed E-state index contributed by atoms with van der Waals surface area (Å²) in [5, 5.41) is 12.9. The third-order valence-corrected chi connectivity index (χ3v) is 4.04. The summed E-state index contributed by atoms with van der Waals surface area (Å²) in [5.74, 6) is 0. The summed E-state index contributed by atoms with van der Waals surface area (Å²) in [5.41, 5.74) is 0.468. The van der Waals surface area contributed by atoms with E-state index in [-0.39, 0.29) is 0 Å². The van der Waals surface area contributed by atoms with Crippen LogP contribution in [-0.2, 0) is 5.54 Å². The Labute approximate surface area is 116 Å². The molecular formula is C16H23N3. The zero-order valence-electron chi connectivity index (χ0n) is 11.7. The SMILES string of the molecule is CNC(C#N)(CN1CCCCCC1)c1ccccc1. The molecule has 0 spiro atoms. The van der Waals surface area contributed by atoms with Crippen molar-refractivity contribution in [2.45, 2.75) is 31.2 Å². The van der Waals surface area contributed by atoms with Crippen LogP contribution in [0, 0.1) is 11.3 Å². The van der Waals surface area contributed by atoms with E-state index < -0.39 is 5.54 Å². The first-order chi connectivity index (χ1) is 9.30. The number of nitrogens with zero attached hydrogens (tertiary/aromatic N) is 2. The predicted octanol–water partition coefficient (Wildman–Crippen LogP) is 2.50. The molecule has 1 unspecified atom stereocenters. The van der Waals surface area contributed by atoms with Crippen molar-refractivity contribution >= 4 is 0 Å². The molecule has 3 nitrogen and oxygen atoms in total. The maximum absolute atomic E-state index is 9.69. The molecule has 1 aliphatic rings. The van der Waals surface area contributed by atoms with E-state index in [2.05, 4.69) is 16.3 Å². The average Bonchev–Trinajstić information content (AvgIpc) is 2.74. The lowest BCUT2D eigenvalue weighted by Crippen LogP contribution is -2.49. The minimum Gasteiger partial charge on any atom is -0.300 e. The van der Waals surface area contributed by atoms with E-state index in [0.717, 1.165) is 25.2 Å². The van der Waals surface area contributed by atoms with Gasteiger partial charge in [0.1, 0.15) is 5.54 Å². The van der Waals surface area contributed by atoms with Crippen LogP contribution in [0.4, 0.5) is 0 Å². The molecule has 19 heavy (non-hydrogen) atoms. The molecule has 0 saturated carbocycles. The standard InChI is InChI=1S/C16H23N3/c1-18-16(13-17,15-9-5-4-6-10-15)14-19-11-7-2-3-8-12-19/h4-6,9-10,18H,2-3,7-8,11-12,14H2,1H3. The van der Waals surface area contributed by atoms with Gasteiger partial charge >= 0.3 is 0 Å². The van der Waals surface area contributed by atoms with Gasteiger partial charge in [-0.2, -0.15) is 5.26 Å². The van der Waals surface area contributed by atoms with Crippen LogP contribution in [0.3, 0.4) is 0 Å². The first-order valence-corrected chi connectivity index (χ1v) is 7.19. The number of hydrogen-bond acceptors (Lipinski definition) is 3. The van der Waals surface area contributed by atoms with E-state index in [1.807, 2.05) is 37.4 Å². The van der Waals surface area contributed by atoms with Crippen LogP contribution in [0.15, 0.2) is 30.3 Å². The smallest absolute Gasteiger partial charge is 0.144 e. The predicted molar refractivity (Wildman–Crippen MR) is 77.7 cm³/mol. The van der Waals surface area contributed by atoms with Crippen molar-refractivity contribution in [3.63, 3.8) is 0 Å². The van der Waals surface area contributed by atoms with Gasteiger partial charge in [-0.25, -0.2) is 0 Å². The second-order valence-electron chi connectivity index (χ2n) is 5.32. The Morgan fingerprint density at radius 2 is 1.79 bits per heavy atom. The summed E-state index contributed by atoms with van der Waals surface area (Å²) >= 11 is 0. The number of hydrogen-bond donors (Lipinski definition) is 1. The van der Waals surface area contributed by atoms with Gasteiger partial charge in [-0.1, -0.05) is 43.2 Å². The summed E-state index contributed by atoms with van der Waals surface area (Å²) in [6.07, 6.45) is 5.14. The third kappa shape index (κ3) is 3.34. The molecule has 1 atom stereocenters. The minimum absolute atomic E-state index is 0.592. The van der Waals surface area contributed by atoms with Crippen LogP contribution in [0.2, 0.25) is 0 Å². The van der Waals surface area contributed by atoms with Crippen molar-refractivity contribution in [2.75, 3.05) is 26.7 Å². The normalized spacial score (nSPS) is 20.2. The monoisotopic (exact) mass is 257 g/mol. The first-order valence-electron chi connectivity index (χ1n) is 7.19. The highest BCUT2D eigenvalue weighted by Gasteiger charge is 2.32. The molecule has 1 N–H and O–H groups in total.